The van der Waals surface area contributed by atoms with Gasteiger partial charge in [-0.25, -0.2) is 0 Å². The first-order valence-electron chi connectivity index (χ1n) is 9.55. The Morgan fingerprint density at radius 3 is 1.85 bits per heavy atom. The zero-order valence-corrected chi connectivity index (χ0v) is 16.8. The van der Waals surface area contributed by atoms with Gasteiger partial charge in [-0.1, -0.05) is 60.7 Å². The van der Waals surface area contributed by atoms with Gasteiger partial charge in [0.2, 0.25) is 0 Å². The van der Waals surface area contributed by atoms with E-state index in [4.69, 9.17) is 9.47 Å². The first kappa shape index (κ1) is 19.1. The second-order valence-electron chi connectivity index (χ2n) is 7.49. The second kappa shape index (κ2) is 8.43. The van der Waals surface area contributed by atoms with Gasteiger partial charge in [-0.05, 0) is 70.4 Å². The summed E-state index contributed by atoms with van der Waals surface area (Å²) in [6.07, 6.45) is 10.6. The lowest BCUT2D eigenvalue weighted by Crippen LogP contribution is -2.30. The zero-order valence-electron chi connectivity index (χ0n) is 15.9. The lowest BCUT2D eigenvalue weighted by molar-refractivity contribution is -0.144. The second-order valence-corrected chi connectivity index (χ2v) is 9.75. The van der Waals surface area contributed by atoms with Crippen molar-refractivity contribution in [3.8, 4) is 0 Å². The van der Waals surface area contributed by atoms with Crippen molar-refractivity contribution in [2.45, 2.75) is 38.3 Å². The molecule has 0 bridgehead atoms. The van der Waals surface area contributed by atoms with Gasteiger partial charge in [-0.2, -0.15) is 0 Å². The molecular formula is C24H26O2P. The van der Waals surface area contributed by atoms with Crippen LogP contribution >= 0.6 is 7.92 Å². The first-order valence-corrected chi connectivity index (χ1v) is 11.1. The summed E-state index contributed by atoms with van der Waals surface area (Å²) in [5, 5.41) is 2.78. The van der Waals surface area contributed by atoms with Crippen LogP contribution in [-0.2, 0) is 9.47 Å². The summed E-state index contributed by atoms with van der Waals surface area (Å²) in [6, 6.07) is 21.7. The average Bonchev–Trinajstić information content (AvgIpc) is 3.28. The first-order chi connectivity index (χ1) is 13.1. The summed E-state index contributed by atoms with van der Waals surface area (Å²) in [7, 11) is -0.498. The molecule has 2 atom stereocenters. The number of ether oxygens (including phenoxy) is 2. The van der Waals surface area contributed by atoms with Crippen molar-refractivity contribution in [2.75, 3.05) is 6.16 Å². The molecule has 0 aromatic heterocycles. The third-order valence-electron chi connectivity index (χ3n) is 4.95. The molecule has 1 saturated carbocycles. The van der Waals surface area contributed by atoms with E-state index in [0.717, 1.165) is 12.6 Å². The molecule has 2 aromatic carbocycles. The summed E-state index contributed by atoms with van der Waals surface area (Å²) >= 11 is 0. The van der Waals surface area contributed by atoms with Gasteiger partial charge in [-0.3, -0.25) is 0 Å². The van der Waals surface area contributed by atoms with Crippen molar-refractivity contribution in [3.63, 3.8) is 0 Å². The molecule has 0 amide bonds. The van der Waals surface area contributed by atoms with Crippen molar-refractivity contribution >= 4 is 18.5 Å². The third kappa shape index (κ3) is 4.80. The molecule has 1 aliphatic carbocycles. The van der Waals surface area contributed by atoms with Crippen molar-refractivity contribution in [2.24, 2.45) is 0 Å². The lowest BCUT2D eigenvalue weighted by Gasteiger charge is -2.25. The average molecular weight is 377 g/mol. The summed E-state index contributed by atoms with van der Waals surface area (Å²) < 4.78 is 12.7. The van der Waals surface area contributed by atoms with Gasteiger partial charge in [0.1, 0.15) is 0 Å². The minimum absolute atomic E-state index is 0.0832. The van der Waals surface area contributed by atoms with E-state index in [-0.39, 0.29) is 12.2 Å². The fourth-order valence-corrected chi connectivity index (χ4v) is 6.23. The fraction of sp³-hybridized carbons (Fsp3) is 0.292. The molecule has 5 radical (unpaired) electrons. The highest BCUT2D eigenvalue weighted by molar-refractivity contribution is 7.73. The lowest BCUT2D eigenvalue weighted by atomic mass is 9.98. The van der Waals surface area contributed by atoms with Crippen LogP contribution in [0.2, 0.25) is 0 Å². The quantitative estimate of drug-likeness (QED) is 0.693. The minimum Gasteiger partial charge on any atom is -0.345 e. The Labute approximate surface area is 165 Å². The Morgan fingerprint density at radius 1 is 0.778 bits per heavy atom. The highest BCUT2D eigenvalue weighted by Crippen LogP contribution is 2.42. The molecule has 2 fully saturated rings. The van der Waals surface area contributed by atoms with E-state index in [0.29, 0.717) is 0 Å². The molecule has 2 nitrogen and oxygen atoms in total. The van der Waals surface area contributed by atoms with Crippen LogP contribution in [0.25, 0.3) is 0 Å². The van der Waals surface area contributed by atoms with Crippen LogP contribution in [0.15, 0.2) is 60.7 Å². The van der Waals surface area contributed by atoms with Crippen molar-refractivity contribution in [3.05, 3.63) is 92.3 Å². The molecule has 0 unspecified atom stereocenters. The molecule has 0 spiro atoms. The van der Waals surface area contributed by atoms with Crippen LogP contribution in [-0.4, -0.2) is 24.2 Å². The van der Waals surface area contributed by atoms with Gasteiger partial charge >= 0.3 is 0 Å². The summed E-state index contributed by atoms with van der Waals surface area (Å²) in [5.41, 5.74) is 0. The number of benzene rings is 2. The van der Waals surface area contributed by atoms with Crippen LogP contribution in [0.4, 0.5) is 0 Å². The maximum absolute atomic E-state index is 6.38. The largest absolute Gasteiger partial charge is 0.345 e. The Morgan fingerprint density at radius 2 is 1.30 bits per heavy atom. The monoisotopic (exact) mass is 377 g/mol. The van der Waals surface area contributed by atoms with Crippen LogP contribution in [0.5, 0.6) is 0 Å². The van der Waals surface area contributed by atoms with Crippen molar-refractivity contribution < 1.29 is 9.47 Å². The van der Waals surface area contributed by atoms with Gasteiger partial charge in [0.05, 0.1) is 12.2 Å². The molecule has 2 aromatic rings. The maximum atomic E-state index is 6.38. The molecule has 1 heterocycles. The van der Waals surface area contributed by atoms with E-state index in [9.17, 15) is 0 Å². The summed E-state index contributed by atoms with van der Waals surface area (Å²) in [6.45, 7) is 4.05. The van der Waals surface area contributed by atoms with Gasteiger partial charge in [-0.15, -0.1) is 0 Å². The fourth-order valence-electron chi connectivity index (χ4n) is 3.77. The summed E-state index contributed by atoms with van der Waals surface area (Å²) in [4.78, 5) is 0. The molecule has 4 rings (SSSR count). The Bertz CT molecular complexity index is 670. The maximum Gasteiger partial charge on any atom is 0.163 e. The van der Waals surface area contributed by atoms with E-state index < -0.39 is 13.7 Å². The van der Waals surface area contributed by atoms with E-state index in [1.165, 1.54) is 16.5 Å². The molecular weight excluding hydrogens is 351 g/mol. The smallest absolute Gasteiger partial charge is 0.163 e. The molecule has 2 aliphatic rings. The predicted molar refractivity (Wildman–Crippen MR) is 113 cm³/mol. The van der Waals surface area contributed by atoms with E-state index >= 15 is 0 Å². The summed E-state index contributed by atoms with van der Waals surface area (Å²) in [5.74, 6) is 0.783. The Hall–Kier alpha value is -1.21. The predicted octanol–water partition coefficient (Wildman–Crippen LogP) is 4.43. The molecule has 1 aliphatic heterocycles. The van der Waals surface area contributed by atoms with E-state index in [1.54, 1.807) is 0 Å². The van der Waals surface area contributed by atoms with Crippen molar-refractivity contribution in [1.29, 1.82) is 0 Å². The van der Waals surface area contributed by atoms with Crippen LogP contribution in [0, 0.1) is 31.6 Å². The number of rotatable bonds is 6. The zero-order chi connectivity index (χ0) is 18.7. The van der Waals surface area contributed by atoms with Crippen LogP contribution in [0.3, 0.4) is 0 Å². The SMILES string of the molecule is CC1(C)O[C@@H](C[C]2[CH][CH][CH][CH]2)[C@H](CP(c2ccccc2)c2ccccc2)O1. The Balaban J connectivity index is 1.56. The van der Waals surface area contributed by atoms with Crippen LogP contribution in [0.1, 0.15) is 20.3 Å². The molecule has 1 saturated heterocycles. The van der Waals surface area contributed by atoms with Gasteiger partial charge in [0.15, 0.2) is 5.79 Å². The van der Waals surface area contributed by atoms with E-state index in [1.807, 2.05) is 13.8 Å². The number of hydrogen-bond acceptors (Lipinski definition) is 2. The normalized spacial score (nSPS) is 25.3. The third-order valence-corrected chi connectivity index (χ3v) is 7.52. The van der Waals surface area contributed by atoms with Gasteiger partial charge < -0.3 is 9.47 Å². The topological polar surface area (TPSA) is 18.5 Å². The minimum atomic E-state index is -0.531. The van der Waals surface area contributed by atoms with E-state index in [2.05, 4.69) is 86.3 Å². The van der Waals surface area contributed by atoms with Crippen molar-refractivity contribution in [1.82, 2.24) is 0 Å². The molecule has 139 valence electrons. The van der Waals surface area contributed by atoms with Crippen LogP contribution < -0.4 is 10.6 Å². The molecule has 27 heavy (non-hydrogen) atoms. The van der Waals surface area contributed by atoms with Gasteiger partial charge in [0, 0.05) is 6.16 Å². The highest BCUT2D eigenvalue weighted by atomic mass is 31.1. The Kier molecular flexibility index (Phi) is 5.97. The van der Waals surface area contributed by atoms with Gasteiger partial charge in [0.25, 0.3) is 0 Å². The molecule has 3 heteroatoms. The molecule has 0 N–H and O–H groups in total. The highest BCUT2D eigenvalue weighted by Gasteiger charge is 2.43. The number of hydrogen-bond donors (Lipinski definition) is 0. The standard InChI is InChI=1S/C24H26O2P/c1-24(2)25-22(17-19-11-9-10-12-19)23(26-24)18-27(20-13-5-3-6-14-20)21-15-7-4-8-16-21/h3-16,22-23H,17-18H2,1-2H3/t22-,23-/m0/s1.